The Kier molecular flexibility index (Phi) is 5.33. The average Bonchev–Trinajstić information content (AvgIpc) is 3.02. The van der Waals surface area contributed by atoms with Crippen LogP contribution in [0.3, 0.4) is 0 Å². The normalized spacial score (nSPS) is 19.3. The van der Waals surface area contributed by atoms with Crippen LogP contribution in [0.1, 0.15) is 37.3 Å². The number of methoxy groups -OCH3 is 1. The number of benzene rings is 1. The molecule has 1 aliphatic rings. The van der Waals surface area contributed by atoms with Gasteiger partial charge in [0.1, 0.15) is 6.04 Å². The lowest BCUT2D eigenvalue weighted by Crippen LogP contribution is -2.41. The summed E-state index contributed by atoms with van der Waals surface area (Å²) >= 11 is 0. The van der Waals surface area contributed by atoms with Gasteiger partial charge in [0.25, 0.3) is 0 Å². The monoisotopic (exact) mass is 290 g/mol. The molecule has 1 saturated heterocycles. The molecule has 2 N–H and O–H groups in total. The van der Waals surface area contributed by atoms with Crippen molar-refractivity contribution >= 4 is 11.9 Å². The fraction of sp³-hybridized carbons (Fsp3) is 0.500. The van der Waals surface area contributed by atoms with Gasteiger partial charge < -0.3 is 15.4 Å². The van der Waals surface area contributed by atoms with E-state index in [-0.39, 0.29) is 17.9 Å². The van der Waals surface area contributed by atoms with E-state index in [0.29, 0.717) is 25.8 Å². The quantitative estimate of drug-likeness (QED) is 0.837. The maximum absolute atomic E-state index is 12.3. The van der Waals surface area contributed by atoms with Crippen molar-refractivity contribution < 1.29 is 14.3 Å². The number of hydrogen-bond acceptors (Lipinski definition) is 4. The van der Waals surface area contributed by atoms with Crippen molar-refractivity contribution in [3.8, 4) is 0 Å². The Balaban J connectivity index is 1.88. The first kappa shape index (κ1) is 15.5. The van der Waals surface area contributed by atoms with Crippen LogP contribution in [0.4, 0.5) is 0 Å². The number of hydrogen-bond donors (Lipinski definition) is 1. The molecule has 2 atom stereocenters. The smallest absolute Gasteiger partial charge is 0.328 e. The van der Waals surface area contributed by atoms with Crippen LogP contribution in [0.15, 0.2) is 30.3 Å². The minimum Gasteiger partial charge on any atom is -0.467 e. The molecular formula is C16H22N2O3. The zero-order valence-corrected chi connectivity index (χ0v) is 12.3. The summed E-state index contributed by atoms with van der Waals surface area (Å²) in [5, 5.41) is 0. The van der Waals surface area contributed by atoms with E-state index in [1.807, 2.05) is 30.3 Å². The van der Waals surface area contributed by atoms with Gasteiger partial charge in [-0.1, -0.05) is 30.3 Å². The van der Waals surface area contributed by atoms with Gasteiger partial charge >= 0.3 is 5.97 Å². The molecule has 2 unspecified atom stereocenters. The van der Waals surface area contributed by atoms with Crippen LogP contribution in [0.25, 0.3) is 0 Å². The van der Waals surface area contributed by atoms with Gasteiger partial charge in [-0.15, -0.1) is 0 Å². The lowest BCUT2D eigenvalue weighted by atomic mass is 10.0. The van der Waals surface area contributed by atoms with E-state index in [1.54, 1.807) is 4.90 Å². The highest BCUT2D eigenvalue weighted by Crippen LogP contribution is 2.22. The summed E-state index contributed by atoms with van der Waals surface area (Å²) in [6.45, 7) is 0.624. The minimum absolute atomic E-state index is 0.0192. The van der Waals surface area contributed by atoms with Gasteiger partial charge in [0, 0.05) is 19.0 Å². The summed E-state index contributed by atoms with van der Waals surface area (Å²) in [5.41, 5.74) is 7.12. The molecule has 5 heteroatoms. The summed E-state index contributed by atoms with van der Waals surface area (Å²) in [4.78, 5) is 25.6. The molecule has 1 fully saturated rings. The molecule has 2 rings (SSSR count). The van der Waals surface area contributed by atoms with E-state index in [4.69, 9.17) is 10.5 Å². The van der Waals surface area contributed by atoms with Gasteiger partial charge in [-0.25, -0.2) is 4.79 Å². The molecule has 1 heterocycles. The number of ether oxygens (including phenoxy) is 1. The van der Waals surface area contributed by atoms with Crippen LogP contribution >= 0.6 is 0 Å². The first-order valence-electron chi connectivity index (χ1n) is 7.31. The number of amides is 1. The van der Waals surface area contributed by atoms with E-state index in [1.165, 1.54) is 7.11 Å². The highest BCUT2D eigenvalue weighted by Gasteiger charge is 2.34. The molecular weight excluding hydrogens is 268 g/mol. The second-order valence-electron chi connectivity index (χ2n) is 5.32. The Labute approximate surface area is 125 Å². The largest absolute Gasteiger partial charge is 0.467 e. The molecule has 0 spiro atoms. The maximum atomic E-state index is 12.3. The molecule has 1 aromatic carbocycles. The first-order chi connectivity index (χ1) is 10.1. The Morgan fingerprint density at radius 1 is 1.38 bits per heavy atom. The Morgan fingerprint density at radius 2 is 2.10 bits per heavy atom. The summed E-state index contributed by atoms with van der Waals surface area (Å²) in [6.07, 6.45) is 2.45. The van der Waals surface area contributed by atoms with Gasteiger partial charge in [-0.05, 0) is 24.8 Å². The molecule has 0 aliphatic carbocycles. The molecule has 21 heavy (non-hydrogen) atoms. The van der Waals surface area contributed by atoms with Crippen molar-refractivity contribution in [1.82, 2.24) is 4.90 Å². The van der Waals surface area contributed by atoms with Gasteiger partial charge in [-0.3, -0.25) is 4.79 Å². The molecule has 5 nitrogen and oxygen atoms in total. The molecule has 1 amide bonds. The summed E-state index contributed by atoms with van der Waals surface area (Å²) in [7, 11) is 1.36. The van der Waals surface area contributed by atoms with Gasteiger partial charge in [0.05, 0.1) is 7.11 Å². The van der Waals surface area contributed by atoms with Gasteiger partial charge in [0.2, 0.25) is 5.91 Å². The molecule has 0 aromatic heterocycles. The first-order valence-corrected chi connectivity index (χ1v) is 7.31. The van der Waals surface area contributed by atoms with Crippen LogP contribution in [-0.2, 0) is 14.3 Å². The summed E-state index contributed by atoms with van der Waals surface area (Å²) in [6, 6.07) is 9.15. The summed E-state index contributed by atoms with van der Waals surface area (Å²) < 4.78 is 4.75. The van der Waals surface area contributed by atoms with Crippen molar-refractivity contribution in [3.05, 3.63) is 35.9 Å². The zero-order valence-electron chi connectivity index (χ0n) is 12.3. The molecule has 0 bridgehead atoms. The highest BCUT2D eigenvalue weighted by atomic mass is 16.5. The van der Waals surface area contributed by atoms with E-state index >= 15 is 0 Å². The number of nitrogens with two attached hydrogens (primary N) is 1. The van der Waals surface area contributed by atoms with Crippen molar-refractivity contribution in [2.45, 2.75) is 37.8 Å². The van der Waals surface area contributed by atoms with Crippen LogP contribution in [-0.4, -0.2) is 36.5 Å². The number of nitrogens with zero attached hydrogens (tertiary/aromatic N) is 1. The third kappa shape index (κ3) is 3.82. The Bertz CT molecular complexity index is 490. The fourth-order valence-electron chi connectivity index (χ4n) is 2.74. The second-order valence-corrected chi connectivity index (χ2v) is 5.32. The SMILES string of the molecule is COC(=O)C1CCCN1C(=O)CCC(N)c1ccccc1. The number of rotatable bonds is 5. The standard InChI is InChI=1S/C16H22N2O3/c1-21-16(20)14-8-5-11-18(14)15(19)10-9-13(17)12-6-3-2-4-7-12/h2-4,6-7,13-14H,5,8-11,17H2,1H3. The number of carbonyl (C=O) groups excluding carboxylic acids is 2. The number of esters is 1. The predicted molar refractivity (Wildman–Crippen MR) is 79.4 cm³/mol. The third-order valence-corrected chi connectivity index (χ3v) is 3.94. The molecule has 0 saturated carbocycles. The average molecular weight is 290 g/mol. The van der Waals surface area contributed by atoms with Gasteiger partial charge in [0.15, 0.2) is 0 Å². The second kappa shape index (κ2) is 7.22. The molecule has 0 radical (unpaired) electrons. The Morgan fingerprint density at radius 3 is 2.76 bits per heavy atom. The highest BCUT2D eigenvalue weighted by molar-refractivity contribution is 5.85. The lowest BCUT2D eigenvalue weighted by molar-refractivity contribution is -0.151. The van der Waals surface area contributed by atoms with E-state index < -0.39 is 6.04 Å². The van der Waals surface area contributed by atoms with E-state index in [9.17, 15) is 9.59 Å². The maximum Gasteiger partial charge on any atom is 0.328 e. The van der Waals surface area contributed by atoms with Crippen molar-refractivity contribution in [2.75, 3.05) is 13.7 Å². The summed E-state index contributed by atoms with van der Waals surface area (Å²) in [5.74, 6) is -0.345. The van der Waals surface area contributed by atoms with Crippen LogP contribution < -0.4 is 5.73 Å². The fourth-order valence-corrected chi connectivity index (χ4v) is 2.74. The number of carbonyl (C=O) groups is 2. The van der Waals surface area contributed by atoms with Crippen LogP contribution in [0.5, 0.6) is 0 Å². The van der Waals surface area contributed by atoms with Crippen LogP contribution in [0.2, 0.25) is 0 Å². The zero-order chi connectivity index (χ0) is 15.2. The van der Waals surface area contributed by atoms with Crippen molar-refractivity contribution in [3.63, 3.8) is 0 Å². The number of likely N-dealkylation sites (tertiary alicyclic amines) is 1. The predicted octanol–water partition coefficient (Wildman–Crippen LogP) is 1.63. The van der Waals surface area contributed by atoms with Crippen molar-refractivity contribution in [2.24, 2.45) is 5.73 Å². The molecule has 1 aromatic rings. The lowest BCUT2D eigenvalue weighted by Gasteiger charge is -2.23. The van der Waals surface area contributed by atoms with Gasteiger partial charge in [-0.2, -0.15) is 0 Å². The Hall–Kier alpha value is -1.88. The van der Waals surface area contributed by atoms with Crippen LogP contribution in [0, 0.1) is 0 Å². The topological polar surface area (TPSA) is 72.6 Å². The third-order valence-electron chi connectivity index (χ3n) is 3.94. The van der Waals surface area contributed by atoms with E-state index in [0.717, 1.165) is 12.0 Å². The minimum atomic E-state index is -0.421. The molecule has 1 aliphatic heterocycles. The van der Waals surface area contributed by atoms with E-state index in [2.05, 4.69) is 0 Å². The van der Waals surface area contributed by atoms with Crippen molar-refractivity contribution in [1.29, 1.82) is 0 Å². The molecule has 114 valence electrons.